The van der Waals surface area contributed by atoms with Crippen molar-refractivity contribution in [1.29, 1.82) is 0 Å². The molecule has 0 atom stereocenters. The van der Waals surface area contributed by atoms with E-state index in [9.17, 15) is 4.79 Å². The maximum absolute atomic E-state index is 13.3. The largest absolute Gasteiger partial charge is 0.318 e. The summed E-state index contributed by atoms with van der Waals surface area (Å²) in [6, 6.07) is 14.2. The molecule has 0 unspecified atom stereocenters. The van der Waals surface area contributed by atoms with Gasteiger partial charge in [0.05, 0.1) is 17.1 Å². The van der Waals surface area contributed by atoms with Gasteiger partial charge >= 0.3 is 0 Å². The summed E-state index contributed by atoms with van der Waals surface area (Å²) in [5.74, 6) is 0.690. The number of rotatable bonds is 6. The van der Waals surface area contributed by atoms with Gasteiger partial charge in [-0.25, -0.2) is 4.98 Å². The summed E-state index contributed by atoms with van der Waals surface area (Å²) in [6.45, 7) is 8.42. The molecule has 2 aromatic carbocycles. The molecular weight excluding hydrogens is 591 g/mol. The van der Waals surface area contributed by atoms with E-state index < -0.39 is 0 Å². The first-order valence-electron chi connectivity index (χ1n) is 11.0. The van der Waals surface area contributed by atoms with Crippen LogP contribution in [0.4, 0.5) is 0 Å². The molecule has 2 aromatic heterocycles. The van der Waals surface area contributed by atoms with Crippen LogP contribution in [0.2, 0.25) is 0 Å². The molecule has 0 spiro atoms. The highest BCUT2D eigenvalue weighted by Crippen LogP contribution is 2.23. The Morgan fingerprint density at radius 2 is 1.91 bits per heavy atom. The van der Waals surface area contributed by atoms with Crippen LogP contribution in [0.1, 0.15) is 48.1 Å². The van der Waals surface area contributed by atoms with Crippen LogP contribution in [-0.4, -0.2) is 20.4 Å². The average molecular weight is 617 g/mol. The number of nitrogens with zero attached hydrogens (tertiary/aromatic N) is 4. The van der Waals surface area contributed by atoms with Crippen molar-refractivity contribution in [3.05, 3.63) is 89.2 Å². The highest BCUT2D eigenvalue weighted by molar-refractivity contribution is 14.1. The maximum Gasteiger partial charge on any atom is 0.282 e. The van der Waals surface area contributed by atoms with E-state index in [0.29, 0.717) is 23.1 Å². The Kier molecular flexibility index (Phi) is 7.19. The zero-order chi connectivity index (χ0) is 23.7. The standard InChI is InChI=1S/C26H26BrIN4O/c1-5-6-7-25-30-24-11-8-20(27)14-22(24)26(33)32(25)29-15-19-13-17(3)31(18(19)4)21-9-10-23(28)16(2)12-21/h8-15H,5-7H2,1-4H3. The molecule has 0 fully saturated rings. The number of hydrogen-bond acceptors (Lipinski definition) is 3. The van der Waals surface area contributed by atoms with Crippen molar-refractivity contribution in [2.45, 2.75) is 47.0 Å². The van der Waals surface area contributed by atoms with Gasteiger partial charge in [0, 0.05) is 37.1 Å². The molecule has 7 heteroatoms. The molecule has 0 saturated carbocycles. The highest BCUT2D eigenvalue weighted by Gasteiger charge is 2.13. The van der Waals surface area contributed by atoms with Gasteiger partial charge in [-0.1, -0.05) is 29.3 Å². The van der Waals surface area contributed by atoms with Crippen molar-refractivity contribution >= 4 is 55.6 Å². The van der Waals surface area contributed by atoms with Gasteiger partial charge in [-0.05, 0) is 97.8 Å². The zero-order valence-electron chi connectivity index (χ0n) is 19.2. The molecule has 0 bridgehead atoms. The molecule has 2 heterocycles. The minimum Gasteiger partial charge on any atom is -0.318 e. The van der Waals surface area contributed by atoms with Crippen molar-refractivity contribution in [1.82, 2.24) is 14.2 Å². The second kappa shape index (κ2) is 9.93. The van der Waals surface area contributed by atoms with Crippen molar-refractivity contribution in [3.8, 4) is 5.69 Å². The molecule has 0 aliphatic heterocycles. The number of benzene rings is 2. The molecule has 0 radical (unpaired) electrons. The fourth-order valence-corrected chi connectivity index (χ4v) is 4.71. The first-order valence-corrected chi connectivity index (χ1v) is 12.9. The number of aromatic nitrogens is 3. The predicted octanol–water partition coefficient (Wildman–Crippen LogP) is 6.70. The van der Waals surface area contributed by atoms with Crippen molar-refractivity contribution in [2.75, 3.05) is 0 Å². The molecule has 0 aliphatic rings. The topological polar surface area (TPSA) is 52.2 Å². The molecule has 5 nitrogen and oxygen atoms in total. The average Bonchev–Trinajstić information content (AvgIpc) is 3.07. The van der Waals surface area contributed by atoms with Crippen LogP contribution in [0.15, 0.2) is 56.8 Å². The van der Waals surface area contributed by atoms with E-state index in [0.717, 1.165) is 40.0 Å². The first-order chi connectivity index (χ1) is 15.8. The Bertz CT molecular complexity index is 1430. The van der Waals surface area contributed by atoms with Gasteiger partial charge in [-0.15, -0.1) is 0 Å². The number of unbranched alkanes of at least 4 members (excludes halogenated alkanes) is 1. The number of fused-ring (bicyclic) bond motifs is 1. The molecule has 170 valence electrons. The van der Waals surface area contributed by atoms with Gasteiger partial charge in [0.2, 0.25) is 0 Å². The predicted molar refractivity (Wildman–Crippen MR) is 148 cm³/mol. The lowest BCUT2D eigenvalue weighted by Crippen LogP contribution is -2.22. The second-order valence-electron chi connectivity index (χ2n) is 8.25. The van der Waals surface area contributed by atoms with Crippen LogP contribution in [0.25, 0.3) is 16.6 Å². The summed E-state index contributed by atoms with van der Waals surface area (Å²) in [4.78, 5) is 18.1. The van der Waals surface area contributed by atoms with Gasteiger partial charge in [0.15, 0.2) is 0 Å². The Morgan fingerprint density at radius 3 is 2.64 bits per heavy atom. The van der Waals surface area contributed by atoms with E-state index in [1.165, 1.54) is 13.8 Å². The van der Waals surface area contributed by atoms with Crippen LogP contribution in [0.3, 0.4) is 0 Å². The third-order valence-electron chi connectivity index (χ3n) is 5.81. The molecule has 0 aliphatic carbocycles. The summed E-state index contributed by atoms with van der Waals surface area (Å²) in [7, 11) is 0. The maximum atomic E-state index is 13.3. The van der Waals surface area contributed by atoms with Crippen LogP contribution in [-0.2, 0) is 6.42 Å². The molecule has 0 amide bonds. The summed E-state index contributed by atoms with van der Waals surface area (Å²) < 4.78 is 5.78. The first kappa shape index (κ1) is 23.9. The highest BCUT2D eigenvalue weighted by atomic mass is 127. The Labute approximate surface area is 215 Å². The van der Waals surface area contributed by atoms with E-state index in [1.54, 1.807) is 6.21 Å². The van der Waals surface area contributed by atoms with E-state index in [1.807, 2.05) is 18.2 Å². The quantitative estimate of drug-likeness (QED) is 0.179. The summed E-state index contributed by atoms with van der Waals surface area (Å²) in [5.41, 5.74) is 6.10. The van der Waals surface area contributed by atoms with E-state index in [2.05, 4.69) is 100 Å². The minimum atomic E-state index is -0.147. The third kappa shape index (κ3) is 4.84. The minimum absolute atomic E-state index is 0.147. The van der Waals surface area contributed by atoms with Crippen LogP contribution >= 0.6 is 38.5 Å². The Balaban J connectivity index is 1.80. The normalized spacial score (nSPS) is 11.7. The fourth-order valence-electron chi connectivity index (χ4n) is 4.01. The molecular formula is C26H26BrIN4O. The van der Waals surface area contributed by atoms with E-state index in [-0.39, 0.29) is 5.56 Å². The van der Waals surface area contributed by atoms with Gasteiger partial charge in [-0.2, -0.15) is 9.78 Å². The van der Waals surface area contributed by atoms with Crippen LogP contribution in [0.5, 0.6) is 0 Å². The smallest absolute Gasteiger partial charge is 0.282 e. The monoisotopic (exact) mass is 616 g/mol. The van der Waals surface area contributed by atoms with Gasteiger partial charge in [0.1, 0.15) is 5.82 Å². The van der Waals surface area contributed by atoms with Crippen molar-refractivity contribution in [3.63, 3.8) is 0 Å². The molecule has 4 aromatic rings. The SMILES string of the molecule is CCCCc1nc2ccc(Br)cc2c(=O)n1N=Cc1cc(C)n(-c2ccc(I)c(C)c2)c1C. The van der Waals surface area contributed by atoms with Gasteiger partial charge in [0.25, 0.3) is 5.56 Å². The van der Waals surface area contributed by atoms with Crippen molar-refractivity contribution < 1.29 is 0 Å². The second-order valence-corrected chi connectivity index (χ2v) is 10.3. The molecule has 0 saturated heterocycles. The van der Waals surface area contributed by atoms with E-state index in [4.69, 9.17) is 4.98 Å². The number of aryl methyl sites for hydroxylation is 3. The van der Waals surface area contributed by atoms with Crippen molar-refractivity contribution in [2.24, 2.45) is 5.10 Å². The number of halogens is 2. The summed E-state index contributed by atoms with van der Waals surface area (Å²) in [5, 5.41) is 5.19. The Morgan fingerprint density at radius 1 is 1.12 bits per heavy atom. The molecule has 4 rings (SSSR count). The summed E-state index contributed by atoms with van der Waals surface area (Å²) >= 11 is 5.82. The van der Waals surface area contributed by atoms with Crippen LogP contribution < -0.4 is 5.56 Å². The lowest BCUT2D eigenvalue weighted by molar-refractivity contribution is 0.675. The molecule has 33 heavy (non-hydrogen) atoms. The van der Waals surface area contributed by atoms with Gasteiger partial charge in [-0.3, -0.25) is 4.79 Å². The van der Waals surface area contributed by atoms with E-state index >= 15 is 0 Å². The molecule has 0 N–H and O–H groups in total. The lowest BCUT2D eigenvalue weighted by atomic mass is 10.2. The van der Waals surface area contributed by atoms with Gasteiger partial charge < -0.3 is 4.57 Å². The Hall–Kier alpha value is -2.26. The van der Waals surface area contributed by atoms with Crippen LogP contribution in [0, 0.1) is 24.3 Å². The number of hydrogen-bond donors (Lipinski definition) is 0. The zero-order valence-corrected chi connectivity index (χ0v) is 22.9. The fraction of sp³-hybridized carbons (Fsp3) is 0.269. The lowest BCUT2D eigenvalue weighted by Gasteiger charge is -2.11. The third-order valence-corrected chi connectivity index (χ3v) is 7.52. The summed E-state index contributed by atoms with van der Waals surface area (Å²) in [6.07, 6.45) is 4.45.